The molecule has 0 amide bonds. The lowest BCUT2D eigenvalue weighted by molar-refractivity contribution is 0.769. The minimum Gasteiger partial charge on any atom is -0.264 e. The van der Waals surface area contributed by atoms with Crippen molar-refractivity contribution in [3.05, 3.63) is 228 Å². The minimum absolute atomic E-state index is 0.622. The molecule has 57 heavy (non-hydrogen) atoms. The number of nitrogens with zero attached hydrogens (tertiary/aromatic N) is 4. The van der Waals surface area contributed by atoms with E-state index in [4.69, 9.17) is 15.0 Å². The van der Waals surface area contributed by atoms with Crippen molar-refractivity contribution in [2.45, 2.75) is 19.3 Å². The molecule has 0 fully saturated rings. The van der Waals surface area contributed by atoms with Crippen LogP contribution in [-0.4, -0.2) is 19.9 Å². The van der Waals surface area contributed by atoms with Crippen LogP contribution in [0.4, 0.5) is 0 Å². The standard InChI is InChI=1S/C53H38N4/c1-35-30-31-54-34-47(35)43-26-14-12-25-42(43)38-32-46(52-56-36(2)55-51(57-52)44-27-15-13-24-41(44)37-18-6-3-7-19-37)50-45-28-16-17-29-48(45)53(49(50)33-38,39-20-8-4-9-21-39)40-22-10-5-11-23-40/h3-34H,1-2H3. The largest absolute Gasteiger partial charge is 0.264 e. The quantitative estimate of drug-likeness (QED) is 0.164. The van der Waals surface area contributed by atoms with Crippen LogP contribution in [0.2, 0.25) is 0 Å². The van der Waals surface area contributed by atoms with E-state index < -0.39 is 5.41 Å². The van der Waals surface area contributed by atoms with Crippen LogP contribution in [0, 0.1) is 13.8 Å². The van der Waals surface area contributed by atoms with E-state index >= 15 is 0 Å². The van der Waals surface area contributed by atoms with Crippen molar-refractivity contribution in [1.82, 2.24) is 19.9 Å². The van der Waals surface area contributed by atoms with Crippen molar-refractivity contribution in [3.63, 3.8) is 0 Å². The third kappa shape index (κ3) is 5.68. The Morgan fingerprint density at radius 3 is 1.56 bits per heavy atom. The molecule has 0 saturated heterocycles. The number of fused-ring (bicyclic) bond motifs is 3. The van der Waals surface area contributed by atoms with Gasteiger partial charge in [0.2, 0.25) is 0 Å². The summed E-state index contributed by atoms with van der Waals surface area (Å²) in [5.41, 5.74) is 16.2. The van der Waals surface area contributed by atoms with Gasteiger partial charge in [0.05, 0.1) is 5.41 Å². The van der Waals surface area contributed by atoms with Crippen LogP contribution in [0.1, 0.15) is 33.6 Å². The van der Waals surface area contributed by atoms with Gasteiger partial charge in [0, 0.05) is 29.1 Å². The van der Waals surface area contributed by atoms with Gasteiger partial charge in [0.15, 0.2) is 11.6 Å². The number of aromatic nitrogens is 4. The highest BCUT2D eigenvalue weighted by molar-refractivity contribution is 5.98. The van der Waals surface area contributed by atoms with Crippen LogP contribution in [0.25, 0.3) is 67.3 Å². The Balaban J connectivity index is 1.32. The second-order valence-corrected chi connectivity index (χ2v) is 14.7. The molecule has 2 aromatic heterocycles. The van der Waals surface area contributed by atoms with E-state index in [-0.39, 0.29) is 0 Å². The van der Waals surface area contributed by atoms with Crippen LogP contribution < -0.4 is 0 Å². The number of pyridine rings is 1. The fourth-order valence-corrected chi connectivity index (χ4v) is 8.88. The molecule has 0 aliphatic heterocycles. The molecule has 1 aliphatic carbocycles. The first kappa shape index (κ1) is 34.2. The van der Waals surface area contributed by atoms with Gasteiger partial charge in [-0.15, -0.1) is 0 Å². The third-order valence-corrected chi connectivity index (χ3v) is 11.4. The first-order valence-electron chi connectivity index (χ1n) is 19.4. The zero-order chi connectivity index (χ0) is 38.3. The fourth-order valence-electron chi connectivity index (χ4n) is 8.88. The lowest BCUT2D eigenvalue weighted by Gasteiger charge is -2.34. The summed E-state index contributed by atoms with van der Waals surface area (Å²) in [6.07, 6.45) is 3.83. The minimum atomic E-state index is -0.622. The summed E-state index contributed by atoms with van der Waals surface area (Å²) in [4.78, 5) is 20.1. The van der Waals surface area contributed by atoms with E-state index in [1.54, 1.807) is 0 Å². The maximum absolute atomic E-state index is 5.40. The maximum Gasteiger partial charge on any atom is 0.164 e. The number of benzene rings is 7. The molecule has 7 aromatic carbocycles. The molecule has 0 spiro atoms. The Morgan fingerprint density at radius 2 is 0.912 bits per heavy atom. The molecule has 0 bridgehead atoms. The summed E-state index contributed by atoms with van der Waals surface area (Å²) < 4.78 is 0. The predicted octanol–water partition coefficient (Wildman–Crippen LogP) is 12.6. The highest BCUT2D eigenvalue weighted by atomic mass is 15.0. The lowest BCUT2D eigenvalue weighted by atomic mass is 9.67. The monoisotopic (exact) mass is 730 g/mol. The van der Waals surface area contributed by atoms with E-state index in [1.807, 2.05) is 25.4 Å². The third-order valence-electron chi connectivity index (χ3n) is 11.4. The summed E-state index contributed by atoms with van der Waals surface area (Å²) >= 11 is 0. The Morgan fingerprint density at radius 1 is 0.386 bits per heavy atom. The first-order valence-corrected chi connectivity index (χ1v) is 19.4. The van der Waals surface area contributed by atoms with E-state index in [0.29, 0.717) is 17.5 Å². The molecular formula is C53H38N4. The number of rotatable bonds is 7. The molecule has 0 saturated carbocycles. The molecule has 0 unspecified atom stereocenters. The second-order valence-electron chi connectivity index (χ2n) is 14.7. The van der Waals surface area contributed by atoms with Crippen LogP contribution in [-0.2, 0) is 5.41 Å². The van der Waals surface area contributed by atoms with E-state index in [0.717, 1.165) is 50.1 Å². The molecule has 10 rings (SSSR count). The number of aryl methyl sites for hydroxylation is 2. The van der Waals surface area contributed by atoms with Gasteiger partial charge in [0.25, 0.3) is 0 Å². The van der Waals surface area contributed by atoms with Crippen LogP contribution in [0.5, 0.6) is 0 Å². The van der Waals surface area contributed by atoms with Crippen molar-refractivity contribution in [3.8, 4) is 67.3 Å². The molecule has 4 nitrogen and oxygen atoms in total. The molecule has 0 atom stereocenters. The van der Waals surface area contributed by atoms with Crippen molar-refractivity contribution in [2.75, 3.05) is 0 Å². The smallest absolute Gasteiger partial charge is 0.164 e. The zero-order valence-electron chi connectivity index (χ0n) is 31.8. The summed E-state index contributed by atoms with van der Waals surface area (Å²) in [6, 6.07) is 65.0. The molecule has 2 heterocycles. The molecule has 0 radical (unpaired) electrons. The first-order chi connectivity index (χ1) is 28.1. The zero-order valence-corrected chi connectivity index (χ0v) is 31.8. The van der Waals surface area contributed by atoms with Gasteiger partial charge < -0.3 is 0 Å². The molecular weight excluding hydrogens is 693 g/mol. The summed E-state index contributed by atoms with van der Waals surface area (Å²) in [5.74, 6) is 1.94. The number of hydrogen-bond acceptors (Lipinski definition) is 4. The summed E-state index contributed by atoms with van der Waals surface area (Å²) in [5, 5.41) is 0. The average molecular weight is 731 g/mol. The van der Waals surface area contributed by atoms with Gasteiger partial charge in [-0.3, -0.25) is 4.98 Å². The van der Waals surface area contributed by atoms with Crippen molar-refractivity contribution >= 4 is 0 Å². The van der Waals surface area contributed by atoms with Crippen molar-refractivity contribution < 1.29 is 0 Å². The molecule has 270 valence electrons. The van der Waals surface area contributed by atoms with Crippen molar-refractivity contribution in [1.29, 1.82) is 0 Å². The SMILES string of the molecule is Cc1nc(-c2ccccc2-c2ccccc2)nc(-c2cc(-c3ccccc3-c3cnccc3C)cc3c2-c2ccccc2C3(c2ccccc2)c2ccccc2)n1. The fraction of sp³-hybridized carbons (Fsp3) is 0.0566. The van der Waals surface area contributed by atoms with E-state index in [9.17, 15) is 0 Å². The average Bonchev–Trinajstić information content (AvgIpc) is 3.58. The van der Waals surface area contributed by atoms with Crippen LogP contribution in [0.3, 0.4) is 0 Å². The van der Waals surface area contributed by atoms with E-state index in [2.05, 4.69) is 188 Å². The summed E-state index contributed by atoms with van der Waals surface area (Å²) in [7, 11) is 0. The molecule has 1 aliphatic rings. The Kier molecular flexibility index (Phi) is 8.45. The molecule has 0 N–H and O–H groups in total. The van der Waals surface area contributed by atoms with E-state index in [1.165, 1.54) is 33.4 Å². The topological polar surface area (TPSA) is 51.6 Å². The summed E-state index contributed by atoms with van der Waals surface area (Å²) in [6.45, 7) is 4.12. The van der Waals surface area contributed by atoms with Gasteiger partial charge >= 0.3 is 0 Å². The Labute approximate surface area is 333 Å². The predicted molar refractivity (Wildman–Crippen MR) is 232 cm³/mol. The van der Waals surface area contributed by atoms with Crippen LogP contribution >= 0.6 is 0 Å². The van der Waals surface area contributed by atoms with Gasteiger partial charge in [0.1, 0.15) is 5.82 Å². The lowest BCUT2D eigenvalue weighted by Crippen LogP contribution is -2.28. The second kappa shape index (κ2) is 14.1. The van der Waals surface area contributed by atoms with Crippen molar-refractivity contribution in [2.24, 2.45) is 0 Å². The van der Waals surface area contributed by atoms with Gasteiger partial charge in [-0.1, -0.05) is 164 Å². The van der Waals surface area contributed by atoms with Crippen LogP contribution in [0.15, 0.2) is 194 Å². The van der Waals surface area contributed by atoms with Gasteiger partial charge in [-0.2, -0.15) is 0 Å². The Bertz CT molecular complexity index is 2880. The Hall–Kier alpha value is -7.30. The van der Waals surface area contributed by atoms with Gasteiger partial charge in [-0.05, 0) is 98.8 Å². The molecule has 9 aromatic rings. The van der Waals surface area contributed by atoms with Gasteiger partial charge in [-0.25, -0.2) is 15.0 Å². The molecule has 4 heteroatoms. The number of hydrogen-bond donors (Lipinski definition) is 0. The highest BCUT2D eigenvalue weighted by Crippen LogP contribution is 2.59. The normalized spacial score (nSPS) is 12.5. The highest BCUT2D eigenvalue weighted by Gasteiger charge is 2.47. The maximum atomic E-state index is 5.40.